The minimum Gasteiger partial charge on any atom is -0.340 e. The lowest BCUT2D eigenvalue weighted by atomic mass is 9.98. The quantitative estimate of drug-likeness (QED) is 0.0877. The molecule has 3 aromatic heterocycles. The van der Waals surface area contributed by atoms with Crippen LogP contribution in [-0.4, -0.2) is 19.9 Å². The van der Waals surface area contributed by atoms with Crippen molar-refractivity contribution >= 4 is 49.4 Å². The van der Waals surface area contributed by atoms with Crippen LogP contribution >= 0.6 is 0 Å². The molecule has 0 amide bonds. The van der Waals surface area contributed by atoms with Crippen LogP contribution in [0.5, 0.6) is 0 Å². The molecular weight excluding hydrogens is 516 g/mol. The summed E-state index contributed by atoms with van der Waals surface area (Å²) in [5.41, 5.74) is 5.26. The highest BCUT2D eigenvalue weighted by molar-refractivity contribution is 6.12. The molecule has 0 spiro atoms. The third kappa shape index (κ3) is 4.09. The van der Waals surface area contributed by atoms with Gasteiger partial charge in [-0.25, -0.2) is 4.98 Å². The van der Waals surface area contributed by atoms with E-state index in [0.717, 1.165) is 38.7 Å². The highest BCUT2D eigenvalue weighted by atomic mass is 16.1. The second kappa shape index (κ2) is 10.3. The van der Waals surface area contributed by atoms with Crippen LogP contribution in [0.2, 0.25) is 0 Å². The summed E-state index contributed by atoms with van der Waals surface area (Å²) in [4.78, 5) is 18.3. The molecule has 42 heavy (non-hydrogen) atoms. The number of allylic oxidation sites excluding steroid dienone is 3. The van der Waals surface area contributed by atoms with E-state index in [1.54, 1.807) is 12.3 Å². The number of ketones is 1. The monoisotopic (exact) mass is 542 g/mol. The molecule has 0 N–H and O–H groups in total. The number of nitriles is 1. The molecule has 0 aliphatic carbocycles. The second-order valence-corrected chi connectivity index (χ2v) is 10.3. The molecule has 0 saturated heterocycles. The average molecular weight is 543 g/mol. The third-order valence-electron chi connectivity index (χ3n) is 7.90. The van der Waals surface area contributed by atoms with Gasteiger partial charge in [0.2, 0.25) is 0 Å². The molecule has 5 nitrogen and oxygen atoms in total. The van der Waals surface area contributed by atoms with E-state index in [-0.39, 0.29) is 11.4 Å². The Bertz CT molecular complexity index is 2130. The zero-order valence-corrected chi connectivity index (χ0v) is 22.9. The number of pyridine rings is 1. The number of rotatable bonds is 7. The van der Waals surface area contributed by atoms with Crippen LogP contribution in [0.15, 0.2) is 139 Å². The van der Waals surface area contributed by atoms with Crippen LogP contribution in [-0.2, 0) is 6.54 Å². The Morgan fingerprint density at radius 3 is 1.74 bits per heavy atom. The van der Waals surface area contributed by atoms with Crippen molar-refractivity contribution in [3.8, 4) is 11.9 Å². The zero-order chi connectivity index (χ0) is 28.6. The number of fused-ring (bicyclic) bond motifs is 6. The van der Waals surface area contributed by atoms with Gasteiger partial charge in [-0.15, -0.1) is 0 Å². The van der Waals surface area contributed by atoms with Crippen molar-refractivity contribution in [3.63, 3.8) is 0 Å². The van der Waals surface area contributed by atoms with Crippen molar-refractivity contribution in [2.45, 2.75) is 13.0 Å². The van der Waals surface area contributed by atoms with Crippen molar-refractivity contribution in [2.24, 2.45) is 0 Å². The highest BCUT2D eigenvalue weighted by Gasteiger charge is 2.18. The van der Waals surface area contributed by atoms with Gasteiger partial charge >= 0.3 is 0 Å². The maximum Gasteiger partial charge on any atom is 0.195 e. The first-order valence-electron chi connectivity index (χ1n) is 13.9. The number of para-hydroxylation sites is 4. The van der Waals surface area contributed by atoms with E-state index in [9.17, 15) is 10.1 Å². The summed E-state index contributed by atoms with van der Waals surface area (Å²) in [5, 5.41) is 14.4. The summed E-state index contributed by atoms with van der Waals surface area (Å²) in [7, 11) is 0. The lowest BCUT2D eigenvalue weighted by Crippen LogP contribution is -2.07. The first-order chi connectivity index (χ1) is 20.7. The SMILES string of the molecule is C=C(C#N)/C(=C\CCn1c2ccccc2c2ccccc21)C(=O)c1ccc(-n2c3ccccc3c3ccccc32)nc1. The molecule has 7 rings (SSSR count). The van der Waals surface area contributed by atoms with Gasteiger partial charge in [0.15, 0.2) is 5.78 Å². The van der Waals surface area contributed by atoms with E-state index in [0.29, 0.717) is 24.1 Å². The van der Waals surface area contributed by atoms with Crippen molar-refractivity contribution in [1.82, 2.24) is 14.1 Å². The van der Waals surface area contributed by atoms with E-state index >= 15 is 0 Å². The number of nitrogens with zero attached hydrogens (tertiary/aromatic N) is 4. The predicted molar refractivity (Wildman–Crippen MR) is 170 cm³/mol. The molecule has 0 aliphatic heterocycles. The number of aryl methyl sites for hydroxylation is 1. The minimum atomic E-state index is -0.259. The fourth-order valence-electron chi connectivity index (χ4n) is 5.97. The lowest BCUT2D eigenvalue weighted by Gasteiger charge is -2.10. The molecule has 0 bridgehead atoms. The van der Waals surface area contributed by atoms with Crippen LogP contribution < -0.4 is 0 Å². The number of aromatic nitrogens is 3. The molecule has 0 aliphatic rings. The Balaban J connectivity index is 1.20. The van der Waals surface area contributed by atoms with Crippen molar-refractivity contribution in [3.05, 3.63) is 145 Å². The fraction of sp³-hybridized carbons (Fsp3) is 0.0541. The maximum atomic E-state index is 13.7. The van der Waals surface area contributed by atoms with Gasteiger partial charge in [0.05, 0.1) is 22.7 Å². The van der Waals surface area contributed by atoms with Gasteiger partial charge in [0, 0.05) is 56.5 Å². The van der Waals surface area contributed by atoms with E-state index < -0.39 is 0 Å². The number of hydrogen-bond acceptors (Lipinski definition) is 3. The smallest absolute Gasteiger partial charge is 0.195 e. The maximum absolute atomic E-state index is 13.7. The molecule has 0 fully saturated rings. The molecule has 0 atom stereocenters. The number of hydrogen-bond donors (Lipinski definition) is 0. The van der Waals surface area contributed by atoms with E-state index in [1.165, 1.54) is 10.8 Å². The highest BCUT2D eigenvalue weighted by Crippen LogP contribution is 2.32. The average Bonchev–Trinajstić information content (AvgIpc) is 3.55. The molecule has 5 heteroatoms. The lowest BCUT2D eigenvalue weighted by molar-refractivity contribution is 0.103. The normalized spacial score (nSPS) is 11.8. The first-order valence-corrected chi connectivity index (χ1v) is 13.9. The minimum absolute atomic E-state index is 0.147. The van der Waals surface area contributed by atoms with Gasteiger partial charge in [-0.3, -0.25) is 9.36 Å². The fourth-order valence-corrected chi connectivity index (χ4v) is 5.97. The number of carbonyl (C=O) groups excluding carboxylic acids is 1. The number of carbonyl (C=O) groups is 1. The van der Waals surface area contributed by atoms with Crippen molar-refractivity contribution in [2.75, 3.05) is 0 Å². The van der Waals surface area contributed by atoms with Crippen LogP contribution in [0.3, 0.4) is 0 Å². The Labute approximate surface area is 242 Å². The van der Waals surface area contributed by atoms with Crippen LogP contribution in [0, 0.1) is 11.3 Å². The second-order valence-electron chi connectivity index (χ2n) is 10.3. The van der Waals surface area contributed by atoms with Gasteiger partial charge in [-0.2, -0.15) is 5.26 Å². The van der Waals surface area contributed by atoms with Gasteiger partial charge in [-0.1, -0.05) is 85.5 Å². The molecule has 3 heterocycles. The van der Waals surface area contributed by atoms with E-state index in [4.69, 9.17) is 4.98 Å². The number of Topliss-reactive ketones (excluding diaryl/α,β-unsaturated/α-hetero) is 1. The Kier molecular flexibility index (Phi) is 6.22. The predicted octanol–water partition coefficient (Wildman–Crippen LogP) is 8.57. The molecule has 0 saturated carbocycles. The Hall–Kier alpha value is -5.73. The zero-order valence-electron chi connectivity index (χ0n) is 22.9. The van der Waals surface area contributed by atoms with Crippen molar-refractivity contribution < 1.29 is 4.79 Å². The molecule has 4 aromatic carbocycles. The first kappa shape index (κ1) is 25.3. The molecule has 0 radical (unpaired) electrons. The van der Waals surface area contributed by atoms with Gasteiger partial charge in [-0.05, 0) is 42.8 Å². The van der Waals surface area contributed by atoms with Crippen LogP contribution in [0.25, 0.3) is 49.4 Å². The standard InChI is InChI=1S/C37H26N4O/c1-25(23-38)27(15-10-22-40-32-16-6-2-11-28(32)29-12-3-7-17-33(29)40)37(42)26-20-21-36(39-24-26)41-34-18-8-4-13-30(34)31-14-5-9-19-35(31)41/h2-9,11-21,24H,1,10,22H2/b27-15+. The van der Waals surface area contributed by atoms with E-state index in [2.05, 4.69) is 70.3 Å². The van der Waals surface area contributed by atoms with Gasteiger partial charge < -0.3 is 4.57 Å². The summed E-state index contributed by atoms with van der Waals surface area (Å²) in [5.74, 6) is 0.463. The summed E-state index contributed by atoms with van der Waals surface area (Å²) >= 11 is 0. The molecule has 200 valence electrons. The Morgan fingerprint density at radius 1 is 0.738 bits per heavy atom. The summed E-state index contributed by atoms with van der Waals surface area (Å²) in [6, 6.07) is 38.8. The summed E-state index contributed by atoms with van der Waals surface area (Å²) < 4.78 is 4.37. The summed E-state index contributed by atoms with van der Waals surface area (Å²) in [6.45, 7) is 4.54. The third-order valence-corrected chi connectivity index (χ3v) is 7.90. The number of benzene rings is 4. The Morgan fingerprint density at radius 2 is 1.24 bits per heavy atom. The van der Waals surface area contributed by atoms with Gasteiger partial charge in [0.1, 0.15) is 5.82 Å². The van der Waals surface area contributed by atoms with Crippen LogP contribution in [0.1, 0.15) is 16.8 Å². The van der Waals surface area contributed by atoms with Crippen molar-refractivity contribution in [1.29, 1.82) is 5.26 Å². The summed E-state index contributed by atoms with van der Waals surface area (Å²) in [6.07, 6.45) is 3.99. The topological polar surface area (TPSA) is 63.6 Å². The van der Waals surface area contributed by atoms with E-state index in [1.807, 2.05) is 60.7 Å². The largest absolute Gasteiger partial charge is 0.340 e. The van der Waals surface area contributed by atoms with Crippen LogP contribution in [0.4, 0.5) is 0 Å². The molecule has 7 aromatic rings. The molecule has 0 unspecified atom stereocenters. The molecular formula is C37H26N4O. The van der Waals surface area contributed by atoms with Gasteiger partial charge in [0.25, 0.3) is 0 Å².